The van der Waals surface area contributed by atoms with Gasteiger partial charge in [-0.3, -0.25) is 18.7 Å². The molecule has 6 nitrogen and oxygen atoms in total. The Kier molecular flexibility index (Phi) is 8.14. The van der Waals surface area contributed by atoms with Crippen molar-refractivity contribution < 1.29 is 27.3 Å². The Morgan fingerprint density at radius 2 is 1.61 bits per heavy atom. The maximum absolute atomic E-state index is 12.7. The van der Waals surface area contributed by atoms with E-state index in [9.17, 15) is 13.6 Å². The van der Waals surface area contributed by atoms with Gasteiger partial charge in [0.05, 0.1) is 12.2 Å². The Labute approximate surface area is 138 Å². The molecule has 0 saturated carbocycles. The molecule has 23 heavy (non-hydrogen) atoms. The first-order chi connectivity index (χ1) is 10.6. The van der Waals surface area contributed by atoms with E-state index in [1.807, 2.05) is 0 Å². The van der Waals surface area contributed by atoms with Crippen molar-refractivity contribution in [1.82, 2.24) is 4.90 Å². The maximum atomic E-state index is 12.7. The van der Waals surface area contributed by atoms with Crippen LogP contribution in [0.5, 0.6) is 0 Å². The topological polar surface area (TPSA) is 65.1 Å². The molecule has 3 heterocycles. The number of nitrogens with zero attached hydrogens (tertiary/aromatic N) is 1. The van der Waals surface area contributed by atoms with Crippen molar-refractivity contribution in [2.45, 2.75) is 65.8 Å². The van der Waals surface area contributed by atoms with Gasteiger partial charge in [-0.05, 0) is 59.5 Å². The average Bonchev–Trinajstić information content (AvgIpc) is 2.36. The normalized spacial score (nSPS) is 26.9. The summed E-state index contributed by atoms with van der Waals surface area (Å²) in [6.07, 6.45) is 1.75. The minimum atomic E-state index is -4.30. The third kappa shape index (κ3) is 8.25. The zero-order valence-electron chi connectivity index (χ0n) is 14.7. The molecule has 136 valence electrons. The SMILES string of the molecule is CC(=O)OC1CN2CCC1CC2.CC(C)OP(=O)(F)OC(C)C. The predicted molar refractivity (Wildman–Crippen MR) is 85.9 cm³/mol. The van der Waals surface area contributed by atoms with Crippen molar-refractivity contribution in [2.75, 3.05) is 19.6 Å². The Bertz CT molecular complexity index is 410. The fourth-order valence-electron chi connectivity index (χ4n) is 2.79. The lowest BCUT2D eigenvalue weighted by Crippen LogP contribution is -2.51. The molecule has 0 amide bonds. The van der Waals surface area contributed by atoms with E-state index in [0.717, 1.165) is 6.54 Å². The zero-order chi connectivity index (χ0) is 17.6. The largest absolute Gasteiger partial charge is 0.513 e. The number of hydrogen-bond acceptors (Lipinski definition) is 6. The third-order valence-corrected chi connectivity index (χ3v) is 4.93. The number of hydrogen-bond donors (Lipinski definition) is 0. The van der Waals surface area contributed by atoms with Gasteiger partial charge in [0.1, 0.15) is 6.10 Å². The number of carbonyl (C=O) groups is 1. The van der Waals surface area contributed by atoms with E-state index in [4.69, 9.17) is 4.74 Å². The van der Waals surface area contributed by atoms with Crippen molar-refractivity contribution in [3.63, 3.8) is 0 Å². The molecule has 1 unspecified atom stereocenters. The van der Waals surface area contributed by atoms with Crippen molar-refractivity contribution in [3.8, 4) is 0 Å². The monoisotopic (exact) mass is 353 g/mol. The molecule has 3 aliphatic rings. The maximum Gasteiger partial charge on any atom is 0.513 e. The van der Waals surface area contributed by atoms with Crippen LogP contribution in [0.25, 0.3) is 0 Å². The molecule has 3 saturated heterocycles. The van der Waals surface area contributed by atoms with Crippen LogP contribution in [0.4, 0.5) is 4.20 Å². The van der Waals surface area contributed by atoms with E-state index in [-0.39, 0.29) is 12.1 Å². The summed E-state index contributed by atoms with van der Waals surface area (Å²) in [7, 11) is -4.30. The van der Waals surface area contributed by atoms with Crippen LogP contribution >= 0.6 is 7.91 Å². The molecule has 0 aromatic heterocycles. The van der Waals surface area contributed by atoms with Crippen molar-refractivity contribution in [3.05, 3.63) is 0 Å². The van der Waals surface area contributed by atoms with Crippen LogP contribution in [-0.4, -0.2) is 48.8 Å². The number of fused-ring (bicyclic) bond motifs is 3. The van der Waals surface area contributed by atoms with Crippen LogP contribution in [0.15, 0.2) is 0 Å². The Hall–Kier alpha value is -0.490. The smallest absolute Gasteiger partial charge is 0.461 e. The second-order valence-electron chi connectivity index (χ2n) is 6.52. The zero-order valence-corrected chi connectivity index (χ0v) is 15.6. The molecule has 3 aliphatic heterocycles. The molecule has 0 N–H and O–H groups in total. The molecule has 0 aromatic carbocycles. The first-order valence-electron chi connectivity index (χ1n) is 8.15. The highest BCUT2D eigenvalue weighted by Gasteiger charge is 2.35. The van der Waals surface area contributed by atoms with Crippen molar-refractivity contribution >= 4 is 13.9 Å². The average molecular weight is 353 g/mol. The summed E-state index contributed by atoms with van der Waals surface area (Å²) in [5.41, 5.74) is 0. The highest BCUT2D eigenvalue weighted by molar-refractivity contribution is 7.48. The van der Waals surface area contributed by atoms with Crippen LogP contribution < -0.4 is 0 Å². The van der Waals surface area contributed by atoms with E-state index >= 15 is 0 Å². The number of carbonyl (C=O) groups excluding carboxylic acids is 1. The Morgan fingerprint density at radius 1 is 1.13 bits per heavy atom. The molecule has 3 fully saturated rings. The number of halogens is 1. The molecule has 0 aromatic rings. The van der Waals surface area contributed by atoms with Crippen molar-refractivity contribution in [2.24, 2.45) is 5.92 Å². The van der Waals surface area contributed by atoms with E-state index in [1.54, 1.807) is 27.7 Å². The summed E-state index contributed by atoms with van der Waals surface area (Å²) >= 11 is 0. The Balaban J connectivity index is 0.000000232. The van der Waals surface area contributed by atoms with E-state index < -0.39 is 20.1 Å². The summed E-state index contributed by atoms with van der Waals surface area (Å²) < 4.78 is 37.5. The molecule has 3 rings (SSSR count). The first kappa shape index (κ1) is 20.6. The number of esters is 1. The number of piperidine rings is 3. The highest BCUT2D eigenvalue weighted by atomic mass is 31.2. The van der Waals surface area contributed by atoms with E-state index in [0.29, 0.717) is 5.92 Å². The summed E-state index contributed by atoms with van der Waals surface area (Å²) in [6.45, 7) is 11.2. The van der Waals surface area contributed by atoms with Gasteiger partial charge in [-0.15, -0.1) is 4.20 Å². The summed E-state index contributed by atoms with van der Waals surface area (Å²) in [6, 6.07) is 0. The van der Waals surface area contributed by atoms with Crippen LogP contribution in [0.2, 0.25) is 0 Å². The summed E-state index contributed by atoms with van der Waals surface area (Å²) in [5.74, 6) is 0.507. The third-order valence-electron chi connectivity index (χ3n) is 3.59. The number of ether oxygens (including phenoxy) is 1. The van der Waals surface area contributed by atoms with Crippen molar-refractivity contribution in [1.29, 1.82) is 0 Å². The first-order valence-corrected chi connectivity index (χ1v) is 9.58. The van der Waals surface area contributed by atoms with Crippen LogP contribution in [0.3, 0.4) is 0 Å². The van der Waals surface area contributed by atoms with Gasteiger partial charge in [-0.2, -0.15) is 0 Å². The van der Waals surface area contributed by atoms with Gasteiger partial charge >= 0.3 is 13.9 Å². The van der Waals surface area contributed by atoms with Gasteiger partial charge in [0.15, 0.2) is 0 Å². The lowest BCUT2D eigenvalue weighted by atomic mass is 9.86. The van der Waals surface area contributed by atoms with Gasteiger partial charge in [0, 0.05) is 13.5 Å². The molecular weight excluding hydrogens is 324 g/mol. The molecule has 1 atom stereocenters. The van der Waals surface area contributed by atoms with Gasteiger partial charge in [-0.25, -0.2) is 4.57 Å². The van der Waals surface area contributed by atoms with Gasteiger partial charge in [-0.1, -0.05) is 0 Å². The highest BCUT2D eigenvalue weighted by Crippen LogP contribution is 2.51. The molecule has 2 bridgehead atoms. The van der Waals surface area contributed by atoms with Gasteiger partial charge in [0.25, 0.3) is 0 Å². The molecular formula is C15H29FNO5P. The summed E-state index contributed by atoms with van der Waals surface area (Å²) in [4.78, 5) is 13.1. The van der Waals surface area contributed by atoms with Gasteiger partial charge < -0.3 is 4.74 Å². The lowest BCUT2D eigenvalue weighted by Gasteiger charge is -2.43. The fourth-order valence-corrected chi connectivity index (χ4v) is 3.84. The minimum Gasteiger partial charge on any atom is -0.461 e. The Morgan fingerprint density at radius 3 is 1.91 bits per heavy atom. The van der Waals surface area contributed by atoms with Gasteiger partial charge in [0.2, 0.25) is 0 Å². The molecule has 0 radical (unpaired) electrons. The standard InChI is InChI=1S/C9H15NO2.C6H14FO3P/c1-7(11)12-9-6-10-4-2-8(9)3-5-10;1-5(2)9-11(7,8)10-6(3)4/h8-9H,2-6H2,1H3;5-6H,1-4H3. The van der Waals surface area contributed by atoms with Crippen LogP contribution in [0.1, 0.15) is 47.5 Å². The second kappa shape index (κ2) is 9.11. The van der Waals surface area contributed by atoms with Crippen LogP contribution in [0, 0.1) is 5.92 Å². The van der Waals surface area contributed by atoms with E-state index in [1.165, 1.54) is 32.9 Å². The summed E-state index contributed by atoms with van der Waals surface area (Å²) in [5, 5.41) is 0. The molecule has 0 spiro atoms. The molecule has 0 aliphatic carbocycles. The quantitative estimate of drug-likeness (QED) is 0.556. The van der Waals surface area contributed by atoms with E-state index in [2.05, 4.69) is 13.9 Å². The molecule has 8 heteroatoms. The number of rotatable bonds is 5. The second-order valence-corrected chi connectivity index (χ2v) is 7.81. The predicted octanol–water partition coefficient (Wildman–Crippen LogP) is 3.56. The lowest BCUT2D eigenvalue weighted by molar-refractivity contribution is -0.156. The van der Waals surface area contributed by atoms with Crippen LogP contribution in [-0.2, 0) is 23.1 Å². The fraction of sp³-hybridized carbons (Fsp3) is 0.933. The minimum absolute atomic E-state index is 0.131.